The molecule has 0 aliphatic carbocycles. The van der Waals surface area contributed by atoms with Crippen LogP contribution in [0.3, 0.4) is 0 Å². The molecule has 2 aromatic rings. The molecule has 0 spiro atoms. The molecule has 1 N–H and O–H groups in total. The van der Waals surface area contributed by atoms with Crippen LogP contribution in [0.4, 0.5) is 10.1 Å². The largest absolute Gasteiger partial charge is 0.479 e. The third-order valence-corrected chi connectivity index (χ3v) is 7.58. The van der Waals surface area contributed by atoms with E-state index in [0.717, 1.165) is 69.1 Å². The Labute approximate surface area is 189 Å². The van der Waals surface area contributed by atoms with Gasteiger partial charge in [0.1, 0.15) is 11.5 Å². The van der Waals surface area contributed by atoms with E-state index in [9.17, 15) is 12.8 Å². The number of aromatic nitrogens is 1. The lowest BCUT2D eigenvalue weighted by atomic mass is 10.0. The quantitative estimate of drug-likeness (QED) is 0.704. The van der Waals surface area contributed by atoms with Crippen molar-refractivity contribution < 1.29 is 22.3 Å². The van der Waals surface area contributed by atoms with Gasteiger partial charge in [-0.05, 0) is 56.0 Å². The Morgan fingerprint density at radius 1 is 1.25 bits per heavy atom. The first-order chi connectivity index (χ1) is 15.4. The number of nitrogens with one attached hydrogen (secondary N) is 1. The van der Waals surface area contributed by atoms with Crippen LogP contribution in [0, 0.1) is 5.82 Å². The van der Waals surface area contributed by atoms with Crippen molar-refractivity contribution in [3.05, 3.63) is 46.9 Å². The van der Waals surface area contributed by atoms with Crippen molar-refractivity contribution in [1.29, 1.82) is 0 Å². The zero-order valence-electron chi connectivity index (χ0n) is 18.6. The molecule has 174 valence electrons. The number of likely N-dealkylation sites (N-methyl/N-ethyl adjacent to an activating group) is 1. The Bertz CT molecular complexity index is 1070. The van der Waals surface area contributed by atoms with Gasteiger partial charge in [-0.15, -0.1) is 0 Å². The number of hydrogen-bond acceptors (Lipinski definition) is 6. The highest BCUT2D eigenvalue weighted by molar-refractivity contribution is 7.92. The minimum atomic E-state index is -4.03. The molecule has 1 fully saturated rings. The summed E-state index contributed by atoms with van der Waals surface area (Å²) in [4.78, 5) is 6.75. The highest BCUT2D eigenvalue weighted by Gasteiger charge is 2.25. The van der Waals surface area contributed by atoms with Crippen LogP contribution in [0.2, 0.25) is 0 Å². The van der Waals surface area contributed by atoms with Crippen molar-refractivity contribution in [3.8, 4) is 5.88 Å². The van der Waals surface area contributed by atoms with Gasteiger partial charge >= 0.3 is 0 Å². The topological polar surface area (TPSA) is 80.8 Å². The van der Waals surface area contributed by atoms with E-state index in [1.807, 2.05) is 0 Å². The highest BCUT2D eigenvalue weighted by Crippen LogP contribution is 2.32. The summed E-state index contributed by atoms with van der Waals surface area (Å²) in [5.41, 5.74) is 2.57. The molecule has 32 heavy (non-hydrogen) atoms. The average Bonchev–Trinajstić information content (AvgIpc) is 3.00. The summed E-state index contributed by atoms with van der Waals surface area (Å²) in [6.07, 6.45) is 3.88. The van der Waals surface area contributed by atoms with E-state index in [2.05, 4.69) is 21.5 Å². The second-order valence-electron chi connectivity index (χ2n) is 8.23. The Hall–Kier alpha value is -2.23. The second-order valence-corrected chi connectivity index (χ2v) is 9.91. The van der Waals surface area contributed by atoms with Crippen LogP contribution >= 0.6 is 0 Å². The van der Waals surface area contributed by atoms with Crippen molar-refractivity contribution in [2.75, 3.05) is 38.1 Å². The lowest BCUT2D eigenvalue weighted by molar-refractivity contribution is 0.0128. The number of pyridine rings is 1. The maximum Gasteiger partial charge on any atom is 0.262 e. The maximum atomic E-state index is 14.8. The van der Waals surface area contributed by atoms with Crippen LogP contribution in [-0.2, 0) is 27.6 Å². The first-order valence-corrected chi connectivity index (χ1v) is 12.6. The van der Waals surface area contributed by atoms with Gasteiger partial charge in [-0.25, -0.2) is 17.8 Å². The van der Waals surface area contributed by atoms with Gasteiger partial charge in [0, 0.05) is 37.4 Å². The Morgan fingerprint density at radius 2 is 2.06 bits per heavy atom. The second kappa shape index (κ2) is 9.72. The Kier molecular flexibility index (Phi) is 6.97. The number of nitrogens with zero attached hydrogens (tertiary/aromatic N) is 2. The third-order valence-electron chi connectivity index (χ3n) is 6.21. The normalized spacial score (nSPS) is 19.8. The number of benzene rings is 1. The number of sulfonamides is 1. The number of halogens is 1. The SMILES string of the molecule is CCN1CCc2cc(NS(=O)(=O)c3ccc([C@@H]4CCCCO4)c(F)c3)c(OC)nc2CC1. The van der Waals surface area contributed by atoms with Crippen LogP contribution < -0.4 is 9.46 Å². The summed E-state index contributed by atoms with van der Waals surface area (Å²) in [5, 5.41) is 0. The van der Waals surface area contributed by atoms with Crippen molar-refractivity contribution in [1.82, 2.24) is 9.88 Å². The lowest BCUT2D eigenvalue weighted by Gasteiger charge is -2.23. The van der Waals surface area contributed by atoms with E-state index >= 15 is 0 Å². The van der Waals surface area contributed by atoms with Crippen LogP contribution in [0.25, 0.3) is 0 Å². The van der Waals surface area contributed by atoms with Crippen molar-refractivity contribution in [2.45, 2.75) is 50.0 Å². The summed E-state index contributed by atoms with van der Waals surface area (Å²) in [6, 6.07) is 5.77. The molecular weight excluding hydrogens is 433 g/mol. The zero-order chi connectivity index (χ0) is 22.7. The number of rotatable bonds is 6. The summed E-state index contributed by atoms with van der Waals surface area (Å²) in [7, 11) is -2.57. The molecule has 7 nitrogen and oxygen atoms in total. The van der Waals surface area contributed by atoms with E-state index in [0.29, 0.717) is 12.2 Å². The van der Waals surface area contributed by atoms with Gasteiger partial charge in [0.25, 0.3) is 10.0 Å². The number of hydrogen-bond donors (Lipinski definition) is 1. The highest BCUT2D eigenvalue weighted by atomic mass is 32.2. The van der Waals surface area contributed by atoms with Crippen LogP contribution in [0.1, 0.15) is 49.1 Å². The zero-order valence-corrected chi connectivity index (χ0v) is 19.4. The Morgan fingerprint density at radius 3 is 2.75 bits per heavy atom. The summed E-state index contributed by atoms with van der Waals surface area (Å²) < 4.78 is 54.4. The molecule has 1 aromatic heterocycles. The molecule has 0 saturated carbocycles. The first-order valence-electron chi connectivity index (χ1n) is 11.1. The number of ether oxygens (including phenoxy) is 2. The molecular formula is C23H30FN3O4S. The van der Waals surface area contributed by atoms with Crippen molar-refractivity contribution >= 4 is 15.7 Å². The lowest BCUT2D eigenvalue weighted by Crippen LogP contribution is -2.25. The van der Waals surface area contributed by atoms with E-state index in [-0.39, 0.29) is 22.6 Å². The van der Waals surface area contributed by atoms with Gasteiger partial charge in [0.05, 0.1) is 18.1 Å². The monoisotopic (exact) mass is 463 g/mol. The molecule has 0 amide bonds. The minimum Gasteiger partial charge on any atom is -0.479 e. The van der Waals surface area contributed by atoms with Crippen LogP contribution in [0.15, 0.2) is 29.2 Å². The number of fused-ring (bicyclic) bond motifs is 1. The molecule has 3 heterocycles. The Balaban J connectivity index is 1.59. The van der Waals surface area contributed by atoms with E-state index < -0.39 is 15.8 Å². The minimum absolute atomic E-state index is 0.149. The van der Waals surface area contributed by atoms with Gasteiger partial charge in [0.15, 0.2) is 0 Å². The predicted octanol–water partition coefficient (Wildman–Crippen LogP) is 3.69. The molecule has 0 unspecified atom stereocenters. The fourth-order valence-corrected chi connectivity index (χ4v) is 5.39. The van der Waals surface area contributed by atoms with Gasteiger partial charge in [-0.3, -0.25) is 4.72 Å². The number of anilines is 1. The molecule has 1 atom stereocenters. The summed E-state index contributed by atoms with van der Waals surface area (Å²) in [5.74, 6) is -0.364. The van der Waals surface area contributed by atoms with Gasteiger partial charge < -0.3 is 14.4 Å². The molecule has 4 rings (SSSR count). The number of methoxy groups -OCH3 is 1. The fraction of sp³-hybridized carbons (Fsp3) is 0.522. The van der Waals surface area contributed by atoms with Gasteiger partial charge in [-0.2, -0.15) is 0 Å². The van der Waals surface area contributed by atoms with E-state index in [4.69, 9.17) is 9.47 Å². The molecule has 0 bridgehead atoms. The molecule has 9 heteroatoms. The maximum absolute atomic E-state index is 14.8. The van der Waals surface area contributed by atoms with Crippen molar-refractivity contribution in [3.63, 3.8) is 0 Å². The third kappa shape index (κ3) is 4.89. The average molecular weight is 464 g/mol. The molecule has 2 aliphatic rings. The standard InChI is InChI=1S/C23H30FN3O4S/c1-3-27-11-9-16-14-21(23(30-2)25-20(16)10-12-27)26-32(28,29)17-7-8-18(19(24)15-17)22-6-4-5-13-31-22/h7-8,14-15,22,26H,3-6,9-13H2,1-2H3/t22-/m0/s1. The molecule has 2 aliphatic heterocycles. The molecule has 1 saturated heterocycles. The smallest absolute Gasteiger partial charge is 0.262 e. The summed E-state index contributed by atoms with van der Waals surface area (Å²) in [6.45, 7) is 5.46. The van der Waals surface area contributed by atoms with E-state index in [1.165, 1.54) is 19.2 Å². The van der Waals surface area contributed by atoms with Gasteiger partial charge in [0.2, 0.25) is 5.88 Å². The van der Waals surface area contributed by atoms with Crippen LogP contribution in [0.5, 0.6) is 5.88 Å². The first kappa shape index (κ1) is 22.9. The fourth-order valence-electron chi connectivity index (χ4n) is 4.33. The van der Waals surface area contributed by atoms with Crippen LogP contribution in [-0.4, -0.2) is 51.7 Å². The van der Waals surface area contributed by atoms with E-state index in [1.54, 1.807) is 6.07 Å². The molecule has 1 aromatic carbocycles. The molecule has 0 radical (unpaired) electrons. The van der Waals surface area contributed by atoms with Gasteiger partial charge in [-0.1, -0.05) is 13.0 Å². The predicted molar refractivity (Wildman–Crippen MR) is 120 cm³/mol. The summed E-state index contributed by atoms with van der Waals surface area (Å²) >= 11 is 0. The van der Waals surface area contributed by atoms with Crippen molar-refractivity contribution in [2.24, 2.45) is 0 Å².